The number of benzene rings is 5. The molecule has 8 rings (SSSR count). The Morgan fingerprint density at radius 1 is 0.512 bits per heavy atom. The van der Waals surface area contributed by atoms with Gasteiger partial charge in [0.2, 0.25) is 0 Å². The number of fused-ring (bicyclic) bond motifs is 3. The normalized spacial score (nSPS) is 12.7. The van der Waals surface area contributed by atoms with Gasteiger partial charge in [0.25, 0.3) is 0 Å². The minimum atomic E-state index is 0.885. The second kappa shape index (κ2) is 10.5. The molecule has 43 heavy (non-hydrogen) atoms. The molecule has 204 valence electrons. The van der Waals surface area contributed by atoms with Crippen LogP contribution >= 0.6 is 0 Å². The van der Waals surface area contributed by atoms with Gasteiger partial charge in [-0.15, -0.1) is 0 Å². The molecular formula is C41H30N2. The predicted molar refractivity (Wildman–Crippen MR) is 181 cm³/mol. The van der Waals surface area contributed by atoms with Gasteiger partial charge in [-0.2, -0.15) is 0 Å². The van der Waals surface area contributed by atoms with E-state index < -0.39 is 0 Å². The highest BCUT2D eigenvalue weighted by molar-refractivity contribution is 6.20. The van der Waals surface area contributed by atoms with Crippen molar-refractivity contribution < 1.29 is 0 Å². The van der Waals surface area contributed by atoms with E-state index in [1.807, 2.05) is 31.3 Å². The van der Waals surface area contributed by atoms with Crippen molar-refractivity contribution in [3.63, 3.8) is 0 Å². The van der Waals surface area contributed by atoms with Gasteiger partial charge >= 0.3 is 0 Å². The molecule has 0 amide bonds. The van der Waals surface area contributed by atoms with E-state index in [-0.39, 0.29) is 0 Å². The number of nitrogens with zero attached hydrogens (tertiary/aromatic N) is 2. The zero-order valence-electron chi connectivity index (χ0n) is 24.1. The van der Waals surface area contributed by atoms with Crippen LogP contribution in [0, 0.1) is 6.92 Å². The standard InChI is InChI=1S/C41H30N2/c1-27-10-8-19-39(43-27)38-23-22-33(26-42-38)30-13-9-14-31(25-30)40-34-15-4-6-17-36(34)41(37-18-7-5-16-35(37)40)32-21-20-28-11-2-3-12-29(28)24-32/h2-19,22-26H,20-21H2,1H3. The number of allylic oxidation sites excluding steroid dienone is 1. The lowest BCUT2D eigenvalue weighted by Gasteiger charge is -2.22. The lowest BCUT2D eigenvalue weighted by Crippen LogP contribution is -2.01. The monoisotopic (exact) mass is 550 g/mol. The summed E-state index contributed by atoms with van der Waals surface area (Å²) in [4.78, 5) is 9.42. The fourth-order valence-corrected chi connectivity index (χ4v) is 6.67. The number of aromatic nitrogens is 2. The second-order valence-corrected chi connectivity index (χ2v) is 11.4. The Morgan fingerprint density at radius 3 is 1.91 bits per heavy atom. The molecule has 0 spiro atoms. The van der Waals surface area contributed by atoms with E-state index in [4.69, 9.17) is 4.98 Å². The minimum Gasteiger partial charge on any atom is -0.254 e. The van der Waals surface area contributed by atoms with Crippen molar-refractivity contribution in [3.05, 3.63) is 156 Å². The average molecular weight is 551 g/mol. The van der Waals surface area contributed by atoms with Crippen LogP contribution in [-0.4, -0.2) is 9.97 Å². The predicted octanol–water partition coefficient (Wildman–Crippen LogP) is 10.6. The van der Waals surface area contributed by atoms with Gasteiger partial charge in [0, 0.05) is 17.5 Å². The Bertz CT molecular complexity index is 2130. The summed E-state index contributed by atoms with van der Waals surface area (Å²) in [6, 6.07) is 45.8. The van der Waals surface area contributed by atoms with E-state index in [1.165, 1.54) is 54.9 Å². The molecule has 0 atom stereocenters. The van der Waals surface area contributed by atoms with Crippen molar-refractivity contribution in [2.75, 3.05) is 0 Å². The number of pyridine rings is 2. The SMILES string of the molecule is Cc1cccc(-c2ccc(-c3cccc(-c4c5ccccc5c(C5=Cc6ccccc6CC5)c5ccccc45)c3)cn2)n1. The van der Waals surface area contributed by atoms with E-state index in [9.17, 15) is 0 Å². The van der Waals surface area contributed by atoms with Crippen molar-refractivity contribution in [1.82, 2.24) is 9.97 Å². The van der Waals surface area contributed by atoms with E-state index in [0.29, 0.717) is 0 Å². The molecule has 0 bridgehead atoms. The Balaban J connectivity index is 1.28. The highest BCUT2D eigenvalue weighted by atomic mass is 14.8. The molecule has 5 aromatic carbocycles. The van der Waals surface area contributed by atoms with Gasteiger partial charge in [-0.1, -0.05) is 109 Å². The summed E-state index contributed by atoms with van der Waals surface area (Å²) in [7, 11) is 0. The smallest absolute Gasteiger partial charge is 0.0889 e. The first kappa shape index (κ1) is 25.4. The molecule has 1 aliphatic carbocycles. The summed E-state index contributed by atoms with van der Waals surface area (Å²) in [5.74, 6) is 0. The molecule has 2 heterocycles. The molecule has 0 radical (unpaired) electrons. The molecule has 2 nitrogen and oxygen atoms in total. The van der Waals surface area contributed by atoms with Crippen LogP contribution in [0.15, 0.2) is 134 Å². The van der Waals surface area contributed by atoms with Crippen molar-refractivity contribution in [2.24, 2.45) is 0 Å². The van der Waals surface area contributed by atoms with Crippen LogP contribution < -0.4 is 0 Å². The van der Waals surface area contributed by atoms with Crippen LogP contribution in [0.1, 0.15) is 28.8 Å². The number of hydrogen-bond donors (Lipinski definition) is 0. The van der Waals surface area contributed by atoms with Crippen LogP contribution in [0.4, 0.5) is 0 Å². The zero-order valence-corrected chi connectivity index (χ0v) is 24.1. The lowest BCUT2D eigenvalue weighted by molar-refractivity contribution is 1.00. The molecule has 2 aromatic heterocycles. The third-order valence-corrected chi connectivity index (χ3v) is 8.70. The summed E-state index contributed by atoms with van der Waals surface area (Å²) >= 11 is 0. The van der Waals surface area contributed by atoms with Crippen molar-refractivity contribution in [1.29, 1.82) is 0 Å². The Kier molecular flexibility index (Phi) is 6.19. The molecule has 0 saturated heterocycles. The van der Waals surface area contributed by atoms with E-state index >= 15 is 0 Å². The maximum absolute atomic E-state index is 4.78. The Morgan fingerprint density at radius 2 is 1.19 bits per heavy atom. The zero-order chi connectivity index (χ0) is 28.8. The molecule has 0 saturated carbocycles. The maximum Gasteiger partial charge on any atom is 0.0889 e. The van der Waals surface area contributed by atoms with Crippen LogP contribution in [0.3, 0.4) is 0 Å². The van der Waals surface area contributed by atoms with Crippen molar-refractivity contribution >= 4 is 33.2 Å². The maximum atomic E-state index is 4.78. The van der Waals surface area contributed by atoms with E-state index in [0.717, 1.165) is 41.1 Å². The third-order valence-electron chi connectivity index (χ3n) is 8.70. The highest BCUT2D eigenvalue weighted by Gasteiger charge is 2.20. The van der Waals surface area contributed by atoms with Gasteiger partial charge in [0.15, 0.2) is 0 Å². The fourth-order valence-electron chi connectivity index (χ4n) is 6.67. The van der Waals surface area contributed by atoms with Gasteiger partial charge in [0.05, 0.1) is 11.4 Å². The van der Waals surface area contributed by atoms with Crippen molar-refractivity contribution in [2.45, 2.75) is 19.8 Å². The molecule has 0 N–H and O–H groups in total. The summed E-state index contributed by atoms with van der Waals surface area (Å²) < 4.78 is 0. The first-order chi connectivity index (χ1) is 21.2. The number of hydrogen-bond acceptors (Lipinski definition) is 2. The first-order valence-electron chi connectivity index (χ1n) is 15.0. The highest BCUT2D eigenvalue weighted by Crippen LogP contribution is 2.44. The molecule has 0 unspecified atom stereocenters. The van der Waals surface area contributed by atoms with Gasteiger partial charge in [0.1, 0.15) is 0 Å². The van der Waals surface area contributed by atoms with Gasteiger partial charge in [-0.05, 0) is 105 Å². The molecule has 2 heteroatoms. The average Bonchev–Trinajstić information content (AvgIpc) is 3.07. The fraction of sp³-hybridized carbons (Fsp3) is 0.0732. The van der Waals surface area contributed by atoms with Crippen LogP contribution in [0.2, 0.25) is 0 Å². The number of rotatable bonds is 4. The quantitative estimate of drug-likeness (QED) is 0.204. The summed E-state index contributed by atoms with van der Waals surface area (Å²) in [5.41, 5.74) is 13.1. The minimum absolute atomic E-state index is 0.885. The third kappa shape index (κ3) is 4.52. The largest absolute Gasteiger partial charge is 0.254 e. The molecule has 7 aromatic rings. The summed E-state index contributed by atoms with van der Waals surface area (Å²) in [5, 5.41) is 5.19. The van der Waals surface area contributed by atoms with E-state index in [2.05, 4.69) is 120 Å². The molecule has 1 aliphatic rings. The summed E-state index contributed by atoms with van der Waals surface area (Å²) in [6.45, 7) is 2.01. The second-order valence-electron chi connectivity index (χ2n) is 11.4. The first-order valence-corrected chi connectivity index (χ1v) is 15.0. The topological polar surface area (TPSA) is 25.8 Å². The Hall–Kier alpha value is -5.34. The van der Waals surface area contributed by atoms with Gasteiger partial charge in [-0.3, -0.25) is 9.97 Å². The lowest BCUT2D eigenvalue weighted by atomic mass is 9.81. The van der Waals surface area contributed by atoms with Crippen LogP contribution in [0.5, 0.6) is 0 Å². The molecular weight excluding hydrogens is 520 g/mol. The molecule has 0 fully saturated rings. The van der Waals surface area contributed by atoms with Crippen LogP contribution in [0.25, 0.3) is 66.8 Å². The van der Waals surface area contributed by atoms with Crippen LogP contribution in [-0.2, 0) is 6.42 Å². The Labute approximate surface area is 252 Å². The van der Waals surface area contributed by atoms with Gasteiger partial charge in [-0.25, -0.2) is 0 Å². The van der Waals surface area contributed by atoms with Crippen molar-refractivity contribution in [3.8, 4) is 33.6 Å². The molecule has 0 aliphatic heterocycles. The van der Waals surface area contributed by atoms with Gasteiger partial charge < -0.3 is 0 Å². The van der Waals surface area contributed by atoms with E-state index in [1.54, 1.807) is 0 Å². The number of aryl methyl sites for hydroxylation is 2. The summed E-state index contributed by atoms with van der Waals surface area (Å²) in [6.07, 6.45) is 6.49.